The Morgan fingerprint density at radius 1 is 0.680 bits per heavy atom. The number of rotatable bonds is 5. The van der Waals surface area contributed by atoms with E-state index in [1.54, 1.807) is 0 Å². The van der Waals surface area contributed by atoms with Gasteiger partial charge in [-0.05, 0) is 84.5 Å². The third kappa shape index (κ3) is 4.79. The van der Waals surface area contributed by atoms with Crippen LogP contribution in [0.4, 0.5) is 11.4 Å². The van der Waals surface area contributed by atoms with Crippen molar-refractivity contribution >= 4 is 38.9 Å². The van der Waals surface area contributed by atoms with Crippen LogP contribution in [0.1, 0.15) is 48.0 Å². The largest absolute Gasteiger partial charge is 0.366 e. The van der Waals surface area contributed by atoms with Gasteiger partial charge in [0.15, 0.2) is 0 Å². The molecule has 242 valence electrons. The van der Waals surface area contributed by atoms with Gasteiger partial charge in [0.1, 0.15) is 6.17 Å². The Balaban J connectivity index is 1.21. The highest BCUT2D eigenvalue weighted by molar-refractivity contribution is 6.09. The third-order valence-corrected chi connectivity index (χ3v) is 10.7. The molecular formula is C46H38N4. The Kier molecular flexibility index (Phi) is 6.95. The van der Waals surface area contributed by atoms with Gasteiger partial charge in [-0.3, -0.25) is 5.32 Å². The first-order chi connectivity index (χ1) is 24.8. The van der Waals surface area contributed by atoms with Gasteiger partial charge in [0.05, 0.1) is 17.1 Å². The van der Waals surface area contributed by atoms with Crippen LogP contribution in [0.3, 0.4) is 0 Å². The molecule has 50 heavy (non-hydrogen) atoms. The van der Waals surface area contributed by atoms with Crippen LogP contribution in [0.2, 0.25) is 0 Å². The number of benzene rings is 5. The standard InChI is InChI=1S/C46H38N4/c1-3-15-31(16-4-1)40-30-41(48-46(47-40)32-17-5-2-6-18-32)33-27-34(49-42-23-11-7-19-36(42)37-20-8-12-24-43(37)49)29-35(28-33)50-44-25-13-9-21-38(44)39-22-10-14-26-45(39)50/h2-3,5-21,23-30,39-40,46-48H,1,4,22H2. The first-order valence-corrected chi connectivity index (χ1v) is 17.9. The Morgan fingerprint density at radius 2 is 1.42 bits per heavy atom. The highest BCUT2D eigenvalue weighted by atomic mass is 15.2. The van der Waals surface area contributed by atoms with E-state index in [9.17, 15) is 0 Å². The molecule has 0 bridgehead atoms. The van der Waals surface area contributed by atoms with Crippen LogP contribution in [0.15, 0.2) is 175 Å². The number of hydrogen-bond acceptors (Lipinski definition) is 3. The minimum absolute atomic E-state index is 0.0409. The SMILES string of the molecule is C1=CCC2C(=C1)N(c1cc(C3=CC(C4=CCCC=C4)NC(c4ccccc4)N3)cc(-n3c4ccccc4c4ccccc43)c1)c1ccccc12. The van der Waals surface area contributed by atoms with Crippen LogP contribution < -0.4 is 15.5 Å². The lowest BCUT2D eigenvalue weighted by Gasteiger charge is -2.34. The maximum Gasteiger partial charge on any atom is 0.104 e. The topological polar surface area (TPSA) is 32.2 Å². The van der Waals surface area contributed by atoms with Crippen molar-refractivity contribution in [3.05, 3.63) is 192 Å². The van der Waals surface area contributed by atoms with Crippen molar-refractivity contribution in [2.75, 3.05) is 4.90 Å². The summed E-state index contributed by atoms with van der Waals surface area (Å²) in [5, 5.41) is 10.4. The monoisotopic (exact) mass is 646 g/mol. The van der Waals surface area contributed by atoms with E-state index in [0.29, 0.717) is 5.92 Å². The molecule has 0 radical (unpaired) electrons. The molecule has 4 aliphatic rings. The summed E-state index contributed by atoms with van der Waals surface area (Å²) in [6.07, 6.45) is 19.4. The van der Waals surface area contributed by atoms with Gasteiger partial charge in [-0.15, -0.1) is 0 Å². The second kappa shape index (κ2) is 11.9. The van der Waals surface area contributed by atoms with E-state index in [0.717, 1.165) is 30.6 Å². The Morgan fingerprint density at radius 3 is 2.22 bits per heavy atom. The van der Waals surface area contributed by atoms with E-state index in [2.05, 4.69) is 184 Å². The van der Waals surface area contributed by atoms with Crippen molar-refractivity contribution in [2.45, 2.75) is 37.4 Å². The van der Waals surface area contributed by atoms with Gasteiger partial charge in [-0.25, -0.2) is 0 Å². The average Bonchev–Trinajstić information content (AvgIpc) is 3.71. The number of hydrogen-bond donors (Lipinski definition) is 2. The zero-order valence-corrected chi connectivity index (χ0v) is 27.8. The molecule has 2 N–H and O–H groups in total. The van der Waals surface area contributed by atoms with Crippen LogP contribution in [0.5, 0.6) is 0 Å². The van der Waals surface area contributed by atoms with E-state index < -0.39 is 0 Å². The lowest BCUT2D eigenvalue weighted by atomic mass is 9.92. The molecule has 3 unspecified atom stereocenters. The van der Waals surface area contributed by atoms with Gasteiger partial charge in [-0.1, -0.05) is 115 Å². The summed E-state index contributed by atoms with van der Waals surface area (Å²) in [7, 11) is 0. The first-order valence-electron chi connectivity index (χ1n) is 17.9. The number of para-hydroxylation sites is 3. The van der Waals surface area contributed by atoms with E-state index >= 15 is 0 Å². The number of aromatic nitrogens is 1. The number of allylic oxidation sites excluding steroid dienone is 6. The summed E-state index contributed by atoms with van der Waals surface area (Å²) in [6.45, 7) is 0. The predicted octanol–water partition coefficient (Wildman–Crippen LogP) is 10.7. The van der Waals surface area contributed by atoms with E-state index in [-0.39, 0.29) is 12.2 Å². The highest BCUT2D eigenvalue weighted by Gasteiger charge is 2.35. The van der Waals surface area contributed by atoms with E-state index in [4.69, 9.17) is 0 Å². The zero-order valence-electron chi connectivity index (χ0n) is 27.8. The molecule has 6 aromatic rings. The molecule has 3 atom stereocenters. The van der Waals surface area contributed by atoms with Crippen LogP contribution in [0.25, 0.3) is 33.2 Å². The predicted molar refractivity (Wildman–Crippen MR) is 208 cm³/mol. The van der Waals surface area contributed by atoms with Gasteiger partial charge >= 0.3 is 0 Å². The van der Waals surface area contributed by atoms with Crippen LogP contribution in [-0.2, 0) is 0 Å². The van der Waals surface area contributed by atoms with Gasteiger partial charge in [-0.2, -0.15) is 0 Å². The summed E-state index contributed by atoms with van der Waals surface area (Å²) in [4.78, 5) is 2.50. The van der Waals surface area contributed by atoms with Crippen molar-refractivity contribution in [3.8, 4) is 5.69 Å². The normalized spacial score (nSPS) is 21.0. The Labute approximate surface area is 293 Å². The summed E-state index contributed by atoms with van der Waals surface area (Å²) in [6, 6.07) is 44.5. The Hall–Kier alpha value is -5.84. The molecular weight excluding hydrogens is 609 g/mol. The molecule has 1 aromatic heterocycles. The van der Waals surface area contributed by atoms with Crippen molar-refractivity contribution in [2.24, 2.45) is 0 Å². The Bertz CT molecular complexity index is 2390. The zero-order chi connectivity index (χ0) is 33.0. The van der Waals surface area contributed by atoms with Crippen LogP contribution >= 0.6 is 0 Å². The first kappa shape index (κ1) is 29.1. The minimum atomic E-state index is -0.0409. The molecule has 0 fully saturated rings. The number of fused-ring (bicyclic) bond motifs is 6. The minimum Gasteiger partial charge on any atom is -0.366 e. The van der Waals surface area contributed by atoms with E-state index in [1.165, 1.54) is 61.1 Å². The maximum absolute atomic E-state index is 3.94. The fourth-order valence-electron chi connectivity index (χ4n) is 8.46. The fraction of sp³-hybridized carbons (Fsp3) is 0.130. The molecule has 0 saturated carbocycles. The molecule has 0 saturated heterocycles. The molecule has 2 aliphatic carbocycles. The summed E-state index contributed by atoms with van der Waals surface area (Å²) < 4.78 is 2.45. The molecule has 2 aliphatic heterocycles. The lowest BCUT2D eigenvalue weighted by molar-refractivity contribution is 0.463. The second-order valence-electron chi connectivity index (χ2n) is 13.7. The molecule has 4 nitrogen and oxygen atoms in total. The number of anilines is 2. The third-order valence-electron chi connectivity index (χ3n) is 10.7. The molecule has 5 aromatic carbocycles. The van der Waals surface area contributed by atoms with Gasteiger partial charge < -0.3 is 14.8 Å². The second-order valence-corrected chi connectivity index (χ2v) is 13.7. The average molecular weight is 647 g/mol. The number of nitrogens with one attached hydrogen (secondary N) is 2. The van der Waals surface area contributed by atoms with Gasteiger partial charge in [0.2, 0.25) is 0 Å². The molecule has 0 amide bonds. The maximum atomic E-state index is 3.94. The summed E-state index contributed by atoms with van der Waals surface area (Å²) >= 11 is 0. The van der Waals surface area contributed by atoms with Crippen LogP contribution in [0, 0.1) is 0 Å². The highest BCUT2D eigenvalue weighted by Crippen LogP contribution is 2.51. The lowest BCUT2D eigenvalue weighted by Crippen LogP contribution is -2.44. The van der Waals surface area contributed by atoms with E-state index in [1.807, 2.05) is 0 Å². The fourth-order valence-corrected chi connectivity index (χ4v) is 8.46. The molecule has 10 rings (SSSR count). The van der Waals surface area contributed by atoms with Crippen LogP contribution in [-0.4, -0.2) is 10.6 Å². The molecule has 0 spiro atoms. The van der Waals surface area contributed by atoms with Gasteiger partial charge in [0.25, 0.3) is 0 Å². The van der Waals surface area contributed by atoms with Crippen molar-refractivity contribution in [3.63, 3.8) is 0 Å². The van der Waals surface area contributed by atoms with Crippen molar-refractivity contribution < 1.29 is 0 Å². The number of nitrogens with zero attached hydrogens (tertiary/aromatic N) is 2. The summed E-state index contributed by atoms with van der Waals surface area (Å²) in [5.41, 5.74) is 13.6. The quantitative estimate of drug-likeness (QED) is 0.195. The van der Waals surface area contributed by atoms with Gasteiger partial charge in [0, 0.05) is 50.7 Å². The molecule has 3 heterocycles. The smallest absolute Gasteiger partial charge is 0.104 e. The van der Waals surface area contributed by atoms with Crippen molar-refractivity contribution in [1.82, 2.24) is 15.2 Å². The molecule has 4 heteroatoms. The summed E-state index contributed by atoms with van der Waals surface area (Å²) in [5.74, 6) is 0.352. The van der Waals surface area contributed by atoms with Crippen molar-refractivity contribution in [1.29, 1.82) is 0 Å².